The van der Waals surface area contributed by atoms with Gasteiger partial charge in [0.05, 0.1) is 12.0 Å². The van der Waals surface area contributed by atoms with Gasteiger partial charge in [0, 0.05) is 25.2 Å². The Morgan fingerprint density at radius 3 is 2.43 bits per heavy atom. The molecule has 0 atom stereocenters. The Balaban J connectivity index is 2.28. The fourth-order valence-electron chi connectivity index (χ4n) is 2.56. The van der Waals surface area contributed by atoms with Crippen molar-refractivity contribution in [1.29, 1.82) is 0 Å². The van der Waals surface area contributed by atoms with Gasteiger partial charge in [0.1, 0.15) is 5.75 Å². The van der Waals surface area contributed by atoms with Crippen LogP contribution >= 0.6 is 0 Å². The molecule has 1 aromatic carbocycles. The zero-order valence-corrected chi connectivity index (χ0v) is 13.7. The van der Waals surface area contributed by atoms with Gasteiger partial charge >= 0.3 is 0 Å². The molecule has 21 heavy (non-hydrogen) atoms. The molecule has 6 heteroatoms. The summed E-state index contributed by atoms with van der Waals surface area (Å²) < 4.78 is 32.2. The Bertz CT molecular complexity index is 601. The summed E-state index contributed by atoms with van der Waals surface area (Å²) in [5, 5.41) is 0. The van der Waals surface area contributed by atoms with Crippen molar-refractivity contribution in [2.45, 2.75) is 38.1 Å². The monoisotopic (exact) mass is 312 g/mol. The first kappa shape index (κ1) is 16.3. The van der Waals surface area contributed by atoms with E-state index >= 15 is 0 Å². The maximum absolute atomic E-state index is 12.7. The molecule has 2 N–H and O–H groups in total. The second kappa shape index (κ2) is 5.94. The third-order valence-electron chi connectivity index (χ3n) is 4.19. The van der Waals surface area contributed by atoms with Crippen molar-refractivity contribution in [1.82, 2.24) is 4.31 Å². The number of rotatable bonds is 4. The van der Waals surface area contributed by atoms with E-state index in [9.17, 15) is 8.42 Å². The Kier molecular flexibility index (Phi) is 4.60. The number of methoxy groups -OCH3 is 1. The average Bonchev–Trinajstić information content (AvgIpc) is 2.46. The molecule has 0 aliphatic carbocycles. The van der Waals surface area contributed by atoms with Gasteiger partial charge in [-0.05, 0) is 36.5 Å². The van der Waals surface area contributed by atoms with Gasteiger partial charge in [-0.3, -0.25) is 0 Å². The van der Waals surface area contributed by atoms with Crippen molar-refractivity contribution in [3.8, 4) is 5.75 Å². The molecule has 0 amide bonds. The number of sulfonamides is 1. The highest BCUT2D eigenvalue weighted by atomic mass is 32.2. The highest BCUT2D eigenvalue weighted by Gasteiger charge is 2.32. The van der Waals surface area contributed by atoms with Gasteiger partial charge in [-0.2, -0.15) is 4.31 Å². The van der Waals surface area contributed by atoms with E-state index in [0.29, 0.717) is 29.3 Å². The van der Waals surface area contributed by atoms with Crippen LogP contribution in [0, 0.1) is 5.41 Å². The lowest BCUT2D eigenvalue weighted by Crippen LogP contribution is -2.41. The van der Waals surface area contributed by atoms with Gasteiger partial charge in [0.2, 0.25) is 10.0 Å². The molecule has 1 heterocycles. The number of hydrogen-bond donors (Lipinski definition) is 1. The van der Waals surface area contributed by atoms with Gasteiger partial charge < -0.3 is 10.5 Å². The maximum atomic E-state index is 12.7. The van der Waals surface area contributed by atoms with Gasteiger partial charge in [-0.25, -0.2) is 8.42 Å². The van der Waals surface area contributed by atoms with Crippen LogP contribution in [0.15, 0.2) is 23.1 Å². The third kappa shape index (κ3) is 3.39. The topological polar surface area (TPSA) is 72.6 Å². The van der Waals surface area contributed by atoms with Crippen LogP contribution in [-0.4, -0.2) is 32.9 Å². The van der Waals surface area contributed by atoms with Crippen LogP contribution in [0.4, 0.5) is 0 Å². The summed E-state index contributed by atoms with van der Waals surface area (Å²) >= 11 is 0. The number of piperidine rings is 1. The molecular formula is C15H24N2O3S. The van der Waals surface area contributed by atoms with Crippen molar-refractivity contribution in [3.63, 3.8) is 0 Å². The predicted molar refractivity (Wildman–Crippen MR) is 82.7 cm³/mol. The van der Waals surface area contributed by atoms with Crippen molar-refractivity contribution < 1.29 is 13.2 Å². The lowest BCUT2D eigenvalue weighted by atomic mass is 9.83. The van der Waals surface area contributed by atoms with E-state index in [1.54, 1.807) is 29.6 Å². The minimum Gasteiger partial charge on any atom is -0.496 e. The van der Waals surface area contributed by atoms with Crippen LogP contribution in [-0.2, 0) is 16.6 Å². The van der Waals surface area contributed by atoms with Gasteiger partial charge in [-0.15, -0.1) is 0 Å². The molecule has 0 saturated carbocycles. The summed E-state index contributed by atoms with van der Waals surface area (Å²) in [4.78, 5) is 0.295. The predicted octanol–water partition coefficient (Wildman–Crippen LogP) is 1.96. The van der Waals surface area contributed by atoms with E-state index in [1.165, 1.54) is 0 Å². The zero-order valence-electron chi connectivity index (χ0n) is 12.9. The smallest absolute Gasteiger partial charge is 0.243 e. The molecule has 0 bridgehead atoms. The first-order chi connectivity index (χ1) is 9.80. The number of ether oxygens (including phenoxy) is 1. The van der Waals surface area contributed by atoms with E-state index in [-0.39, 0.29) is 12.0 Å². The maximum Gasteiger partial charge on any atom is 0.243 e. The first-order valence-corrected chi connectivity index (χ1v) is 8.61. The Labute approximate surface area is 127 Å². The van der Waals surface area contributed by atoms with E-state index in [4.69, 9.17) is 10.5 Å². The normalized spacial score (nSPS) is 19.4. The Morgan fingerprint density at radius 1 is 1.29 bits per heavy atom. The third-order valence-corrected chi connectivity index (χ3v) is 6.08. The number of benzene rings is 1. The van der Waals surface area contributed by atoms with Crippen LogP contribution in [0.1, 0.15) is 32.3 Å². The largest absolute Gasteiger partial charge is 0.496 e. The Hall–Kier alpha value is -1.11. The summed E-state index contributed by atoms with van der Waals surface area (Å²) in [5.41, 5.74) is 6.59. The lowest BCUT2D eigenvalue weighted by molar-refractivity contribution is 0.196. The highest BCUT2D eigenvalue weighted by molar-refractivity contribution is 7.89. The SMILES string of the molecule is COc1ccc(S(=O)(=O)N2CCC(C)(C)CC2)cc1CN. The fraction of sp³-hybridized carbons (Fsp3) is 0.600. The molecule has 1 aliphatic heterocycles. The molecule has 118 valence electrons. The number of nitrogens with zero attached hydrogens (tertiary/aromatic N) is 1. The molecule has 5 nitrogen and oxygen atoms in total. The van der Waals surface area contributed by atoms with E-state index in [2.05, 4.69) is 13.8 Å². The molecule has 0 radical (unpaired) electrons. The standard InChI is InChI=1S/C15H24N2O3S/c1-15(2)6-8-17(9-7-15)21(18,19)13-4-5-14(20-3)12(10-13)11-16/h4-5,10H,6-9,11,16H2,1-3H3. The van der Waals surface area contributed by atoms with Crippen LogP contribution in [0.5, 0.6) is 5.75 Å². The molecule has 0 unspecified atom stereocenters. The van der Waals surface area contributed by atoms with E-state index in [1.807, 2.05) is 0 Å². The molecule has 1 fully saturated rings. The van der Waals surface area contributed by atoms with Crippen LogP contribution in [0.25, 0.3) is 0 Å². The quantitative estimate of drug-likeness (QED) is 0.922. The van der Waals surface area contributed by atoms with Crippen LogP contribution in [0.3, 0.4) is 0 Å². The first-order valence-electron chi connectivity index (χ1n) is 7.17. The number of hydrogen-bond acceptors (Lipinski definition) is 4. The second-order valence-electron chi connectivity index (χ2n) is 6.25. The molecule has 1 saturated heterocycles. The summed E-state index contributed by atoms with van der Waals surface area (Å²) in [5.74, 6) is 0.622. The van der Waals surface area contributed by atoms with Crippen molar-refractivity contribution in [3.05, 3.63) is 23.8 Å². The fourth-order valence-corrected chi connectivity index (χ4v) is 4.05. The van der Waals surface area contributed by atoms with Crippen LogP contribution in [0.2, 0.25) is 0 Å². The summed E-state index contributed by atoms with van der Waals surface area (Å²) in [6, 6.07) is 4.88. The molecule has 0 aromatic heterocycles. The minimum atomic E-state index is -3.45. The van der Waals surface area contributed by atoms with Gasteiger partial charge in [0.15, 0.2) is 0 Å². The summed E-state index contributed by atoms with van der Waals surface area (Å²) in [6.07, 6.45) is 1.76. The second-order valence-corrected chi connectivity index (χ2v) is 8.18. The Morgan fingerprint density at radius 2 is 1.90 bits per heavy atom. The molecular weight excluding hydrogens is 288 g/mol. The van der Waals surface area contributed by atoms with Crippen molar-refractivity contribution in [2.75, 3.05) is 20.2 Å². The molecule has 0 spiro atoms. The summed E-state index contributed by atoms with van der Waals surface area (Å²) in [7, 11) is -1.90. The number of nitrogens with two attached hydrogens (primary N) is 1. The van der Waals surface area contributed by atoms with Crippen LogP contribution < -0.4 is 10.5 Å². The average molecular weight is 312 g/mol. The van der Waals surface area contributed by atoms with E-state index < -0.39 is 10.0 Å². The zero-order chi connectivity index (χ0) is 15.7. The van der Waals surface area contributed by atoms with Crippen molar-refractivity contribution >= 4 is 10.0 Å². The van der Waals surface area contributed by atoms with Gasteiger partial charge in [-0.1, -0.05) is 13.8 Å². The minimum absolute atomic E-state index is 0.217. The van der Waals surface area contributed by atoms with Crippen molar-refractivity contribution in [2.24, 2.45) is 11.1 Å². The lowest BCUT2D eigenvalue weighted by Gasteiger charge is -2.36. The van der Waals surface area contributed by atoms with E-state index in [0.717, 1.165) is 12.8 Å². The highest BCUT2D eigenvalue weighted by Crippen LogP contribution is 2.33. The summed E-state index contributed by atoms with van der Waals surface area (Å²) in [6.45, 7) is 5.74. The molecule has 2 rings (SSSR count). The van der Waals surface area contributed by atoms with Gasteiger partial charge in [0.25, 0.3) is 0 Å². The molecule has 1 aromatic rings. The molecule has 1 aliphatic rings.